The Morgan fingerprint density at radius 1 is 0.452 bits per heavy atom. The highest BCUT2D eigenvalue weighted by molar-refractivity contribution is 6.08. The molecule has 0 radical (unpaired) electrons. The fraction of sp³-hybridized carbons (Fsp3) is 0. The van der Waals surface area contributed by atoms with Crippen molar-refractivity contribution >= 4 is 58.8 Å². The van der Waals surface area contributed by atoms with Gasteiger partial charge in [-0.1, -0.05) is 36.4 Å². The zero-order chi connectivity index (χ0) is 30.5. The van der Waals surface area contributed by atoms with Gasteiger partial charge in [-0.25, -0.2) is 9.59 Å². The number of anilines is 2. The van der Waals surface area contributed by atoms with Crippen molar-refractivity contribution in [3.05, 3.63) is 132 Å². The summed E-state index contributed by atoms with van der Waals surface area (Å²) in [6, 6.07) is 19.4. The summed E-state index contributed by atoms with van der Waals surface area (Å²) in [5, 5.41) is 22.1. The lowest BCUT2D eigenvalue weighted by atomic mass is 10.1. The van der Waals surface area contributed by atoms with Crippen LogP contribution in [0.4, 0.5) is 11.4 Å². The van der Waals surface area contributed by atoms with Crippen LogP contribution in [0.25, 0.3) is 12.2 Å². The van der Waals surface area contributed by atoms with Crippen molar-refractivity contribution in [3.63, 3.8) is 0 Å². The maximum Gasteiger partial charge on any atom is 0.328 e. The van der Waals surface area contributed by atoms with Gasteiger partial charge in [0.25, 0.3) is 0 Å². The topological polar surface area (TPSA) is 167 Å². The van der Waals surface area contributed by atoms with Crippen molar-refractivity contribution in [3.8, 4) is 0 Å². The van der Waals surface area contributed by atoms with Crippen LogP contribution < -0.4 is 10.6 Å². The van der Waals surface area contributed by atoms with Crippen LogP contribution in [-0.2, 0) is 19.2 Å². The highest BCUT2D eigenvalue weighted by atomic mass is 16.4. The lowest BCUT2D eigenvalue weighted by molar-refractivity contribution is -0.132. The minimum Gasteiger partial charge on any atom is -0.478 e. The SMILES string of the molecule is O=C(O)/C=C/C(=O)Nc1ccc(C(=O)/C=C\c2ccc(/C=C/C(=O)c3ccc(NC(=O)/C=C/C(=O)O)cc3)cc2)cc1. The summed E-state index contributed by atoms with van der Waals surface area (Å²) < 4.78 is 0. The number of hydrogen-bond acceptors (Lipinski definition) is 6. The number of benzene rings is 3. The number of carboxylic acid groups (broad SMARTS) is 2. The predicted molar refractivity (Wildman–Crippen MR) is 157 cm³/mol. The van der Waals surface area contributed by atoms with Crippen molar-refractivity contribution in [1.82, 2.24) is 0 Å². The highest BCUT2D eigenvalue weighted by Crippen LogP contribution is 2.14. The van der Waals surface area contributed by atoms with Crippen LogP contribution in [-0.4, -0.2) is 45.5 Å². The minimum atomic E-state index is -1.24. The summed E-state index contributed by atoms with van der Waals surface area (Å²) in [5.74, 6) is -4.19. The number of hydrogen-bond donors (Lipinski definition) is 4. The molecule has 0 aromatic heterocycles. The molecule has 0 unspecified atom stereocenters. The van der Waals surface area contributed by atoms with E-state index in [1.165, 1.54) is 60.7 Å². The Kier molecular flexibility index (Phi) is 10.7. The fourth-order valence-corrected chi connectivity index (χ4v) is 3.35. The van der Waals surface area contributed by atoms with Gasteiger partial charge < -0.3 is 20.8 Å². The van der Waals surface area contributed by atoms with E-state index >= 15 is 0 Å². The number of carbonyl (C=O) groups excluding carboxylic acids is 4. The molecule has 0 heterocycles. The molecule has 3 rings (SSSR count). The number of carbonyl (C=O) groups is 6. The van der Waals surface area contributed by atoms with Crippen molar-refractivity contribution < 1.29 is 39.0 Å². The van der Waals surface area contributed by atoms with E-state index in [-0.39, 0.29) is 11.6 Å². The molecule has 0 fully saturated rings. The Balaban J connectivity index is 1.52. The number of allylic oxidation sites excluding steroid dienone is 2. The van der Waals surface area contributed by atoms with Crippen molar-refractivity contribution in [2.24, 2.45) is 0 Å². The van der Waals surface area contributed by atoms with Crippen molar-refractivity contribution in [2.75, 3.05) is 10.6 Å². The number of amides is 2. The molecule has 0 bridgehead atoms. The molecule has 0 aliphatic rings. The van der Waals surface area contributed by atoms with Crippen LogP contribution in [0, 0.1) is 0 Å². The molecule has 3 aromatic rings. The number of carboxylic acids is 2. The zero-order valence-electron chi connectivity index (χ0n) is 21.9. The average molecular weight is 565 g/mol. The van der Waals surface area contributed by atoms with Crippen LogP contribution in [0.1, 0.15) is 31.8 Å². The quantitative estimate of drug-likeness (QED) is 0.182. The number of nitrogens with one attached hydrogen (secondary N) is 2. The Morgan fingerprint density at radius 2 is 0.786 bits per heavy atom. The molecule has 10 nitrogen and oxygen atoms in total. The molecule has 0 saturated heterocycles. The third-order valence-electron chi connectivity index (χ3n) is 5.42. The number of rotatable bonds is 12. The molecule has 4 N–H and O–H groups in total. The maximum atomic E-state index is 12.5. The van der Waals surface area contributed by atoms with Gasteiger partial charge in [-0.05, 0) is 71.8 Å². The van der Waals surface area contributed by atoms with Gasteiger partial charge in [0.2, 0.25) is 11.8 Å². The van der Waals surface area contributed by atoms with Gasteiger partial charge in [0, 0.05) is 46.8 Å². The van der Waals surface area contributed by atoms with Crippen LogP contribution in [0.3, 0.4) is 0 Å². The summed E-state index contributed by atoms with van der Waals surface area (Å²) in [6.07, 6.45) is 9.33. The fourth-order valence-electron chi connectivity index (χ4n) is 3.35. The molecule has 210 valence electrons. The lowest BCUT2D eigenvalue weighted by Gasteiger charge is -2.03. The zero-order valence-corrected chi connectivity index (χ0v) is 21.9. The second-order valence-corrected chi connectivity index (χ2v) is 8.54. The third kappa shape index (κ3) is 10.2. The molecule has 0 aliphatic heterocycles. The summed E-state index contributed by atoms with van der Waals surface area (Å²) in [7, 11) is 0. The Hall–Kier alpha value is -6.16. The van der Waals surface area contributed by atoms with Gasteiger partial charge in [-0.3, -0.25) is 19.2 Å². The van der Waals surface area contributed by atoms with Crippen LogP contribution in [0.15, 0.2) is 109 Å². The van der Waals surface area contributed by atoms with E-state index in [2.05, 4.69) is 10.6 Å². The molecular formula is C32H24N2O8. The first-order valence-electron chi connectivity index (χ1n) is 12.3. The lowest BCUT2D eigenvalue weighted by Crippen LogP contribution is -2.08. The maximum absolute atomic E-state index is 12.5. The molecule has 0 atom stereocenters. The Bertz CT molecular complexity index is 1490. The van der Waals surface area contributed by atoms with E-state index in [0.29, 0.717) is 22.5 Å². The number of aliphatic carboxylic acids is 2. The molecule has 0 saturated carbocycles. The third-order valence-corrected chi connectivity index (χ3v) is 5.42. The first-order chi connectivity index (χ1) is 20.1. The van der Waals surface area contributed by atoms with Gasteiger partial charge >= 0.3 is 11.9 Å². The van der Waals surface area contributed by atoms with Gasteiger partial charge in [0.15, 0.2) is 11.6 Å². The largest absolute Gasteiger partial charge is 0.478 e. The Morgan fingerprint density at radius 3 is 1.10 bits per heavy atom. The molecular weight excluding hydrogens is 540 g/mol. The Labute approximate surface area is 240 Å². The smallest absolute Gasteiger partial charge is 0.328 e. The van der Waals surface area contributed by atoms with E-state index in [4.69, 9.17) is 10.2 Å². The van der Waals surface area contributed by atoms with Crippen molar-refractivity contribution in [2.45, 2.75) is 0 Å². The average Bonchev–Trinajstić information content (AvgIpc) is 2.98. The number of ketones is 2. The summed E-state index contributed by atoms with van der Waals surface area (Å²) >= 11 is 0. The summed E-state index contributed by atoms with van der Waals surface area (Å²) in [4.78, 5) is 69.2. The van der Waals surface area contributed by atoms with E-state index in [1.54, 1.807) is 36.4 Å². The molecule has 0 aliphatic carbocycles. The molecule has 3 aromatic carbocycles. The van der Waals surface area contributed by atoms with Crippen LogP contribution in [0.2, 0.25) is 0 Å². The van der Waals surface area contributed by atoms with Gasteiger partial charge in [0.1, 0.15) is 0 Å². The summed E-state index contributed by atoms with van der Waals surface area (Å²) in [5.41, 5.74) is 3.13. The second-order valence-electron chi connectivity index (χ2n) is 8.54. The van der Waals surface area contributed by atoms with Crippen LogP contribution >= 0.6 is 0 Å². The molecule has 10 heteroatoms. The van der Waals surface area contributed by atoms with E-state index in [0.717, 1.165) is 35.4 Å². The molecule has 0 spiro atoms. The van der Waals surface area contributed by atoms with Gasteiger partial charge in [-0.15, -0.1) is 0 Å². The minimum absolute atomic E-state index is 0.254. The first-order valence-corrected chi connectivity index (χ1v) is 12.3. The van der Waals surface area contributed by atoms with Gasteiger partial charge in [-0.2, -0.15) is 0 Å². The standard InChI is InChI=1S/C32H24N2O8/c35-27(23-7-11-25(12-8-23)33-29(37)17-19-31(39)40)15-5-21-1-2-22(4-3-21)6-16-28(36)24-9-13-26(14-10-24)34-30(38)18-20-32(41)42/h1-20H,(H,33,37)(H,34,38)(H,39,40)(H,41,42)/b15-5-,16-6+,19-17+,20-18+. The monoisotopic (exact) mass is 564 g/mol. The van der Waals surface area contributed by atoms with E-state index in [9.17, 15) is 28.8 Å². The van der Waals surface area contributed by atoms with Crippen LogP contribution in [0.5, 0.6) is 0 Å². The molecule has 2 amide bonds. The second kappa shape index (κ2) is 14.8. The highest BCUT2D eigenvalue weighted by Gasteiger charge is 2.05. The van der Waals surface area contributed by atoms with Crippen molar-refractivity contribution in [1.29, 1.82) is 0 Å². The van der Waals surface area contributed by atoms with E-state index < -0.39 is 23.8 Å². The first kappa shape index (κ1) is 30.4. The van der Waals surface area contributed by atoms with E-state index in [1.807, 2.05) is 0 Å². The van der Waals surface area contributed by atoms with Gasteiger partial charge in [0.05, 0.1) is 0 Å². The normalized spacial score (nSPS) is 11.2. The molecule has 42 heavy (non-hydrogen) atoms. The predicted octanol–water partition coefficient (Wildman–Crippen LogP) is 4.64. The summed E-state index contributed by atoms with van der Waals surface area (Å²) in [6.45, 7) is 0.